The van der Waals surface area contributed by atoms with Gasteiger partial charge in [0.15, 0.2) is 0 Å². The number of hydrogen-bond donors (Lipinski definition) is 3. The summed E-state index contributed by atoms with van der Waals surface area (Å²) in [6, 6.07) is 9.98. The Morgan fingerprint density at radius 1 is 1.04 bits per heavy atom. The molecule has 0 atom stereocenters. The van der Waals surface area contributed by atoms with Crippen LogP contribution < -0.4 is 16.0 Å². The second kappa shape index (κ2) is 12.4. The van der Waals surface area contributed by atoms with Gasteiger partial charge in [-0.15, -0.1) is 0 Å². The van der Waals surface area contributed by atoms with Crippen molar-refractivity contribution >= 4 is 69.0 Å². The number of rotatable bonds is 8. The third-order valence-electron chi connectivity index (χ3n) is 7.71. The van der Waals surface area contributed by atoms with Crippen LogP contribution in [0.5, 0.6) is 0 Å². The predicted molar refractivity (Wildman–Crippen MR) is 172 cm³/mol. The van der Waals surface area contributed by atoms with Gasteiger partial charge in [0.1, 0.15) is 11.6 Å². The first-order chi connectivity index (χ1) is 21.0. The van der Waals surface area contributed by atoms with E-state index < -0.39 is 29.1 Å². The van der Waals surface area contributed by atoms with Gasteiger partial charge in [0.05, 0.1) is 26.6 Å². The van der Waals surface area contributed by atoms with Gasteiger partial charge >= 0.3 is 0 Å². The van der Waals surface area contributed by atoms with E-state index in [-0.39, 0.29) is 48.0 Å². The first kappa shape index (κ1) is 32.9. The molecule has 7 nitrogen and oxygen atoms in total. The van der Waals surface area contributed by atoms with E-state index in [2.05, 4.69) is 16.0 Å². The largest absolute Gasteiger partial charge is 0.381 e. The average Bonchev–Trinajstić information content (AvgIpc) is 3.24. The molecule has 0 unspecified atom stereocenters. The van der Waals surface area contributed by atoms with E-state index in [1.54, 1.807) is 31.3 Å². The molecular formula is C32H31Cl3F3N5O2. The lowest BCUT2D eigenvalue weighted by Gasteiger charge is -2.36. The number of aromatic nitrogens is 2. The van der Waals surface area contributed by atoms with Crippen molar-refractivity contribution in [2.75, 3.05) is 10.6 Å². The highest BCUT2D eigenvalue weighted by Gasteiger charge is 2.45. The fourth-order valence-electron chi connectivity index (χ4n) is 5.05. The molecule has 1 saturated carbocycles. The summed E-state index contributed by atoms with van der Waals surface area (Å²) in [6.07, 6.45) is -0.489. The van der Waals surface area contributed by atoms with Crippen LogP contribution in [0.1, 0.15) is 60.9 Å². The van der Waals surface area contributed by atoms with E-state index in [1.807, 2.05) is 25.3 Å². The smallest absolute Gasteiger partial charge is 0.257 e. The van der Waals surface area contributed by atoms with Crippen LogP contribution in [0.4, 0.5) is 24.5 Å². The molecule has 0 bridgehead atoms. The summed E-state index contributed by atoms with van der Waals surface area (Å²) >= 11 is 19.2. The van der Waals surface area contributed by atoms with Gasteiger partial charge in [0.25, 0.3) is 11.8 Å². The summed E-state index contributed by atoms with van der Waals surface area (Å²) < 4.78 is 42.8. The van der Waals surface area contributed by atoms with E-state index in [0.717, 1.165) is 6.07 Å². The van der Waals surface area contributed by atoms with Crippen LogP contribution in [0.2, 0.25) is 15.1 Å². The van der Waals surface area contributed by atoms with Crippen molar-refractivity contribution in [1.82, 2.24) is 14.9 Å². The van der Waals surface area contributed by atoms with E-state index in [1.165, 1.54) is 12.1 Å². The summed E-state index contributed by atoms with van der Waals surface area (Å²) in [7, 11) is 1.79. The monoisotopic (exact) mass is 679 g/mol. The zero-order valence-electron chi connectivity index (χ0n) is 24.9. The Balaban J connectivity index is 1.48. The van der Waals surface area contributed by atoms with Crippen molar-refractivity contribution in [1.29, 1.82) is 0 Å². The maximum absolute atomic E-state index is 13.7. The lowest BCUT2D eigenvalue weighted by molar-refractivity contribution is -0.128. The first-order valence-corrected chi connectivity index (χ1v) is 15.3. The Morgan fingerprint density at radius 3 is 2.40 bits per heavy atom. The number of anilines is 2. The summed E-state index contributed by atoms with van der Waals surface area (Å²) in [5.74, 6) is -3.50. The van der Waals surface area contributed by atoms with Crippen molar-refractivity contribution in [3.8, 4) is 0 Å². The lowest BCUT2D eigenvalue weighted by Crippen LogP contribution is -2.44. The second-order valence-electron chi connectivity index (χ2n) is 12.3. The van der Waals surface area contributed by atoms with E-state index >= 15 is 0 Å². The number of imidazole rings is 1. The van der Waals surface area contributed by atoms with Crippen LogP contribution in [-0.4, -0.2) is 33.3 Å². The van der Waals surface area contributed by atoms with Crippen LogP contribution in [0.3, 0.4) is 0 Å². The highest BCUT2D eigenvalue weighted by Crippen LogP contribution is 2.40. The average molecular weight is 681 g/mol. The van der Waals surface area contributed by atoms with Crippen molar-refractivity contribution in [3.63, 3.8) is 0 Å². The standard InChI is InChI=1S/C32H31Cl3F3N5O2/c1-31(2,3)30(45)39-15-16-5-7-21(33)19(28(16)35)11-27-42-25-10-20(29(44)41-17-6-8-23(36)22(34)9-17)24(12-26(25)43(27)4)40-18-13-32(37,38)14-18/h5-10,12,18,40H,11,13-15H2,1-4H3,(H,39,45)(H,41,44). The molecule has 0 spiro atoms. The maximum Gasteiger partial charge on any atom is 0.257 e. The molecule has 13 heteroatoms. The van der Waals surface area contributed by atoms with Gasteiger partial charge in [0, 0.05) is 60.7 Å². The van der Waals surface area contributed by atoms with Crippen LogP contribution in [0.25, 0.3) is 11.0 Å². The van der Waals surface area contributed by atoms with Gasteiger partial charge < -0.3 is 20.5 Å². The van der Waals surface area contributed by atoms with Gasteiger partial charge in [-0.3, -0.25) is 9.59 Å². The molecule has 1 aromatic heterocycles. The molecule has 0 saturated heterocycles. The molecule has 4 aromatic rings. The molecule has 2 amide bonds. The van der Waals surface area contributed by atoms with Gasteiger partial charge in [-0.05, 0) is 47.5 Å². The number of amides is 2. The Bertz CT molecular complexity index is 1810. The van der Waals surface area contributed by atoms with Crippen LogP contribution in [-0.2, 0) is 24.8 Å². The molecule has 5 rings (SSSR count). The Labute approximate surface area is 273 Å². The minimum absolute atomic E-state index is 0.122. The fourth-order valence-corrected chi connectivity index (χ4v) is 5.80. The highest BCUT2D eigenvalue weighted by atomic mass is 35.5. The fraction of sp³-hybridized carbons (Fsp3) is 0.344. The van der Waals surface area contributed by atoms with E-state index in [9.17, 15) is 22.8 Å². The molecule has 0 radical (unpaired) electrons. The second-order valence-corrected chi connectivity index (χ2v) is 13.5. The Kier molecular flexibility index (Phi) is 9.05. The van der Waals surface area contributed by atoms with Crippen molar-refractivity contribution in [2.45, 2.75) is 58.5 Å². The molecule has 238 valence electrons. The third kappa shape index (κ3) is 7.18. The van der Waals surface area contributed by atoms with Gasteiger partial charge in [-0.25, -0.2) is 18.2 Å². The molecule has 45 heavy (non-hydrogen) atoms. The topological polar surface area (TPSA) is 88.0 Å². The Hall–Kier alpha value is -3.47. The number of benzene rings is 3. The molecule has 1 aliphatic rings. The molecule has 3 N–H and O–H groups in total. The third-order valence-corrected chi connectivity index (χ3v) is 8.82. The SMILES string of the molecule is Cn1c(Cc2c(Cl)ccc(CNC(=O)C(C)(C)C)c2Cl)nc2cc(C(=O)Nc3ccc(F)c(Cl)c3)c(NC3CC(F)(F)C3)cc21. The summed E-state index contributed by atoms with van der Waals surface area (Å²) in [5.41, 5.74) is 2.62. The van der Waals surface area contributed by atoms with Gasteiger partial charge in [-0.1, -0.05) is 61.6 Å². The van der Waals surface area contributed by atoms with E-state index in [4.69, 9.17) is 39.8 Å². The number of alkyl halides is 2. The molecular weight excluding hydrogens is 650 g/mol. The zero-order valence-corrected chi connectivity index (χ0v) is 27.2. The normalized spacial score (nSPS) is 14.7. The number of aryl methyl sites for hydroxylation is 1. The number of fused-ring (bicyclic) bond motifs is 1. The quantitative estimate of drug-likeness (QED) is 0.175. The van der Waals surface area contributed by atoms with Crippen molar-refractivity contribution < 1.29 is 22.8 Å². The minimum atomic E-state index is -2.77. The van der Waals surface area contributed by atoms with Gasteiger partial charge in [-0.2, -0.15) is 0 Å². The number of nitrogens with one attached hydrogen (secondary N) is 3. The molecule has 1 heterocycles. The molecule has 1 fully saturated rings. The summed E-state index contributed by atoms with van der Waals surface area (Å²) in [4.78, 5) is 30.6. The number of carbonyl (C=O) groups excluding carboxylic acids is 2. The first-order valence-electron chi connectivity index (χ1n) is 14.2. The lowest BCUT2D eigenvalue weighted by atomic mass is 9.88. The van der Waals surface area contributed by atoms with Crippen LogP contribution in [0, 0.1) is 11.2 Å². The summed E-state index contributed by atoms with van der Waals surface area (Å²) in [5, 5.41) is 9.33. The number of hydrogen-bond acceptors (Lipinski definition) is 4. The highest BCUT2D eigenvalue weighted by molar-refractivity contribution is 6.36. The van der Waals surface area contributed by atoms with Crippen molar-refractivity contribution in [3.05, 3.63) is 85.9 Å². The predicted octanol–water partition coefficient (Wildman–Crippen LogP) is 8.39. The van der Waals surface area contributed by atoms with Gasteiger partial charge in [0.2, 0.25) is 5.91 Å². The zero-order chi connectivity index (χ0) is 32.8. The molecule has 0 aliphatic heterocycles. The molecule has 1 aliphatic carbocycles. The Morgan fingerprint density at radius 2 is 1.76 bits per heavy atom. The number of carbonyl (C=O) groups is 2. The maximum atomic E-state index is 13.7. The minimum Gasteiger partial charge on any atom is -0.381 e. The number of halogens is 6. The summed E-state index contributed by atoms with van der Waals surface area (Å²) in [6.45, 7) is 5.67. The van der Waals surface area contributed by atoms with Crippen LogP contribution in [0.15, 0.2) is 42.5 Å². The molecule has 3 aromatic carbocycles. The van der Waals surface area contributed by atoms with Crippen molar-refractivity contribution in [2.24, 2.45) is 12.5 Å². The van der Waals surface area contributed by atoms with Crippen LogP contribution >= 0.6 is 34.8 Å². The van der Waals surface area contributed by atoms with E-state index in [0.29, 0.717) is 43.7 Å². The number of nitrogens with zero attached hydrogens (tertiary/aromatic N) is 2.